The second-order valence-corrected chi connectivity index (χ2v) is 13.6. The van der Waals surface area contributed by atoms with Crippen molar-refractivity contribution in [3.8, 4) is 17.2 Å². The van der Waals surface area contributed by atoms with Crippen molar-refractivity contribution < 1.29 is 32.8 Å². The first-order valence-corrected chi connectivity index (χ1v) is 14.1. The van der Waals surface area contributed by atoms with Crippen molar-refractivity contribution in [3.63, 3.8) is 0 Å². The molecule has 0 aromatic heterocycles. The van der Waals surface area contributed by atoms with E-state index < -0.39 is 30.3 Å². The van der Waals surface area contributed by atoms with Gasteiger partial charge in [0.05, 0.1) is 28.3 Å². The van der Waals surface area contributed by atoms with Crippen LogP contribution in [-0.4, -0.2) is 31.1 Å². The largest absolute Gasteiger partial charge is 0.497 e. The van der Waals surface area contributed by atoms with Crippen LogP contribution in [0.15, 0.2) is 60.7 Å². The van der Waals surface area contributed by atoms with Crippen LogP contribution in [0, 0.1) is 20.2 Å². The lowest BCUT2D eigenvalue weighted by Crippen LogP contribution is -2.23. The molecule has 15 heteroatoms. The molecule has 5 rings (SSSR count). The number of hydrogen-bond donors (Lipinski definition) is 0. The molecule has 0 fully saturated rings. The number of anilines is 2. The number of nitro benzene ring substituents is 2. The molecule has 3 aromatic carbocycles. The van der Waals surface area contributed by atoms with Gasteiger partial charge in [-0.05, 0) is 29.8 Å². The second-order valence-electron chi connectivity index (χ2n) is 8.32. The van der Waals surface area contributed by atoms with Gasteiger partial charge < -0.3 is 13.8 Å². The topological polar surface area (TPSA) is 155 Å². The normalized spacial score (nSPS) is 22.5. The van der Waals surface area contributed by atoms with E-state index in [-0.39, 0.29) is 34.2 Å². The quantitative estimate of drug-likeness (QED) is 0.204. The summed E-state index contributed by atoms with van der Waals surface area (Å²) in [6, 6.07) is 13.9. The van der Waals surface area contributed by atoms with E-state index in [0.717, 1.165) is 0 Å². The molecule has 37 heavy (non-hydrogen) atoms. The molecular formula is C22H20N4O9P2. The Labute approximate surface area is 210 Å². The van der Waals surface area contributed by atoms with Gasteiger partial charge in [-0.2, -0.15) is 0 Å². The van der Waals surface area contributed by atoms with Gasteiger partial charge >= 0.3 is 15.0 Å². The molecule has 13 nitrogen and oxygen atoms in total. The van der Waals surface area contributed by atoms with E-state index in [9.17, 15) is 29.4 Å². The smallest absolute Gasteiger partial charge is 0.363 e. The van der Waals surface area contributed by atoms with Crippen LogP contribution >= 0.6 is 15.0 Å². The van der Waals surface area contributed by atoms with Gasteiger partial charge in [-0.3, -0.25) is 38.7 Å². The summed E-state index contributed by atoms with van der Waals surface area (Å²) in [5.74, 6) is 0.742. The van der Waals surface area contributed by atoms with Crippen LogP contribution in [0.5, 0.6) is 17.2 Å². The summed E-state index contributed by atoms with van der Waals surface area (Å²) >= 11 is 0. The number of hydrogen-bond acceptors (Lipinski definition) is 9. The summed E-state index contributed by atoms with van der Waals surface area (Å²) in [5, 5.41) is 21.3. The van der Waals surface area contributed by atoms with E-state index >= 15 is 0 Å². The molecule has 3 aromatic rings. The van der Waals surface area contributed by atoms with Gasteiger partial charge in [0.25, 0.3) is 11.4 Å². The number of non-ortho nitro benzene ring substituents is 2. The zero-order valence-corrected chi connectivity index (χ0v) is 21.5. The molecule has 2 aliphatic heterocycles. The highest BCUT2D eigenvalue weighted by Gasteiger charge is 2.61. The number of nitro groups is 2. The molecule has 0 N–H and O–H groups in total. The molecule has 2 atom stereocenters. The highest BCUT2D eigenvalue weighted by Crippen LogP contribution is 2.83. The molecule has 0 bridgehead atoms. The van der Waals surface area contributed by atoms with Gasteiger partial charge in [-0.1, -0.05) is 12.1 Å². The maximum Gasteiger partial charge on any atom is 0.363 e. The Morgan fingerprint density at radius 1 is 0.784 bits per heavy atom. The zero-order valence-electron chi connectivity index (χ0n) is 19.7. The van der Waals surface area contributed by atoms with Crippen LogP contribution in [-0.2, 0) is 9.13 Å². The van der Waals surface area contributed by atoms with Crippen molar-refractivity contribution in [1.82, 2.24) is 0 Å². The third-order valence-corrected chi connectivity index (χ3v) is 12.9. The number of fused-ring (bicyclic) bond motifs is 2. The number of benzene rings is 3. The van der Waals surface area contributed by atoms with Crippen molar-refractivity contribution in [2.75, 3.05) is 30.5 Å². The highest BCUT2D eigenvalue weighted by atomic mass is 31.2. The number of rotatable bonds is 6. The summed E-state index contributed by atoms with van der Waals surface area (Å²) in [5.41, 5.74) is 0.250. The van der Waals surface area contributed by atoms with Crippen LogP contribution in [0.25, 0.3) is 0 Å². The lowest BCUT2D eigenvalue weighted by molar-refractivity contribution is -0.385. The molecule has 0 saturated heterocycles. The number of methoxy groups -OCH3 is 1. The first-order valence-electron chi connectivity index (χ1n) is 10.8. The minimum absolute atomic E-state index is 0.122. The maximum atomic E-state index is 14.7. The monoisotopic (exact) mass is 546 g/mol. The maximum absolute atomic E-state index is 14.7. The number of nitrogens with zero attached hydrogens (tertiary/aromatic N) is 4. The summed E-state index contributed by atoms with van der Waals surface area (Å²) in [6.45, 7) is 0. The first-order chi connectivity index (χ1) is 17.5. The van der Waals surface area contributed by atoms with E-state index in [1.165, 1.54) is 66.9 Å². The Hall–Kier alpha value is -4.08. The predicted octanol–water partition coefficient (Wildman–Crippen LogP) is 5.95. The minimum atomic E-state index is -4.15. The van der Waals surface area contributed by atoms with Gasteiger partial charge in [0, 0.05) is 38.4 Å². The lowest BCUT2D eigenvalue weighted by atomic mass is 10.2. The van der Waals surface area contributed by atoms with E-state index in [1.807, 2.05) is 0 Å². The average Bonchev–Trinajstić information content (AvgIpc) is 3.28. The molecule has 2 aliphatic rings. The Morgan fingerprint density at radius 3 is 1.59 bits per heavy atom. The van der Waals surface area contributed by atoms with E-state index in [1.54, 1.807) is 24.3 Å². The standard InChI is InChI=1S/C22H20N4O9P2/c1-23-18-12-15(25(27)28)6-10-20(18)34-36(23,31)22(14-4-8-17(33-3)9-5-14)37(32)24(2)19-13-16(26(29)30)7-11-21(19)35-37/h4-13,22H,1-3H3. The molecule has 0 spiro atoms. The Kier molecular flexibility index (Phi) is 5.65. The summed E-state index contributed by atoms with van der Waals surface area (Å²) in [6.07, 6.45) is 0. The second kappa shape index (κ2) is 8.50. The van der Waals surface area contributed by atoms with Crippen molar-refractivity contribution >= 4 is 37.8 Å². The van der Waals surface area contributed by atoms with Crippen molar-refractivity contribution in [2.24, 2.45) is 0 Å². The van der Waals surface area contributed by atoms with Crippen LogP contribution in [0.2, 0.25) is 0 Å². The van der Waals surface area contributed by atoms with Gasteiger partial charge in [0.1, 0.15) is 5.75 Å². The third kappa shape index (κ3) is 3.70. The van der Waals surface area contributed by atoms with E-state index in [0.29, 0.717) is 11.3 Å². The Bertz CT molecular complexity index is 1450. The van der Waals surface area contributed by atoms with Gasteiger partial charge in [-0.25, -0.2) is 0 Å². The molecular weight excluding hydrogens is 526 g/mol. The minimum Gasteiger partial charge on any atom is -0.497 e. The van der Waals surface area contributed by atoms with Crippen LogP contribution < -0.4 is 23.1 Å². The van der Waals surface area contributed by atoms with Crippen molar-refractivity contribution in [1.29, 1.82) is 0 Å². The molecule has 192 valence electrons. The lowest BCUT2D eigenvalue weighted by Gasteiger charge is -2.34. The van der Waals surface area contributed by atoms with E-state index in [2.05, 4.69) is 0 Å². The molecule has 0 saturated carbocycles. The fraction of sp³-hybridized carbons (Fsp3) is 0.182. The van der Waals surface area contributed by atoms with Crippen molar-refractivity contribution in [2.45, 2.75) is 5.40 Å². The molecule has 0 radical (unpaired) electrons. The summed E-state index contributed by atoms with van der Waals surface area (Å²) < 4.78 is 49.0. The predicted molar refractivity (Wildman–Crippen MR) is 135 cm³/mol. The van der Waals surface area contributed by atoms with E-state index in [4.69, 9.17) is 13.8 Å². The summed E-state index contributed by atoms with van der Waals surface area (Å²) in [7, 11) is -3.95. The van der Waals surface area contributed by atoms with Gasteiger partial charge in [0.15, 0.2) is 16.9 Å². The highest BCUT2D eigenvalue weighted by molar-refractivity contribution is 7.79. The average molecular weight is 546 g/mol. The Morgan fingerprint density at radius 2 is 1.22 bits per heavy atom. The fourth-order valence-electron chi connectivity index (χ4n) is 4.37. The molecule has 0 aliphatic carbocycles. The fourth-order valence-corrected chi connectivity index (χ4v) is 11.0. The zero-order chi connectivity index (χ0) is 26.7. The Balaban J connectivity index is 1.67. The molecule has 0 amide bonds. The molecule has 2 unspecified atom stereocenters. The third-order valence-electron chi connectivity index (χ3n) is 6.33. The van der Waals surface area contributed by atoms with Crippen LogP contribution in [0.4, 0.5) is 22.7 Å². The number of ether oxygens (including phenoxy) is 1. The van der Waals surface area contributed by atoms with Crippen LogP contribution in [0.1, 0.15) is 11.0 Å². The van der Waals surface area contributed by atoms with Crippen LogP contribution in [0.3, 0.4) is 0 Å². The van der Waals surface area contributed by atoms with Gasteiger partial charge in [0.2, 0.25) is 0 Å². The SMILES string of the molecule is COc1ccc(C(P2(=O)Oc3ccc([N+](=O)[O-])cc3N2C)P2(=O)Oc3ccc([N+](=O)[O-])cc3N2C)cc1. The van der Waals surface area contributed by atoms with Gasteiger partial charge in [-0.15, -0.1) is 0 Å². The first kappa shape index (κ1) is 24.6. The van der Waals surface area contributed by atoms with Crippen molar-refractivity contribution in [3.05, 3.63) is 86.5 Å². The summed E-state index contributed by atoms with van der Waals surface area (Å²) in [4.78, 5) is 21.5. The molecule has 2 heterocycles.